The number of benzene rings is 1. The lowest BCUT2D eigenvalue weighted by molar-refractivity contribution is -0.124. The minimum absolute atomic E-state index is 0.142. The highest BCUT2D eigenvalue weighted by molar-refractivity contribution is 5.80. The van der Waals surface area contributed by atoms with Crippen LogP contribution in [0.2, 0.25) is 0 Å². The van der Waals surface area contributed by atoms with E-state index in [2.05, 4.69) is 10.4 Å². The van der Waals surface area contributed by atoms with E-state index in [0.717, 1.165) is 31.2 Å². The number of carbonyl (C=O) groups excluding carboxylic acids is 1. The molecule has 1 atom stereocenters. The zero-order chi connectivity index (χ0) is 16.2. The van der Waals surface area contributed by atoms with Gasteiger partial charge in [-0.3, -0.25) is 9.59 Å². The van der Waals surface area contributed by atoms with Crippen molar-refractivity contribution in [2.45, 2.75) is 44.7 Å². The topological polar surface area (TPSA) is 64.0 Å². The maximum Gasteiger partial charge on any atom is 0.267 e. The van der Waals surface area contributed by atoms with Gasteiger partial charge in [-0.2, -0.15) is 5.10 Å². The SMILES string of the molecule is CC(C(=O)NC1CCCC1)n1nc(-c2ccccc2)ccc1=O. The van der Waals surface area contributed by atoms with Gasteiger partial charge in [0.05, 0.1) is 5.69 Å². The van der Waals surface area contributed by atoms with E-state index in [1.54, 1.807) is 13.0 Å². The monoisotopic (exact) mass is 311 g/mol. The van der Waals surface area contributed by atoms with Crippen LogP contribution in [-0.2, 0) is 4.79 Å². The lowest BCUT2D eigenvalue weighted by atomic mass is 10.1. The lowest BCUT2D eigenvalue weighted by Gasteiger charge is -2.18. The summed E-state index contributed by atoms with van der Waals surface area (Å²) in [5, 5.41) is 7.41. The van der Waals surface area contributed by atoms with Gasteiger partial charge < -0.3 is 5.32 Å². The summed E-state index contributed by atoms with van der Waals surface area (Å²) in [5.41, 5.74) is 1.34. The average Bonchev–Trinajstić information content (AvgIpc) is 3.08. The van der Waals surface area contributed by atoms with Crippen LogP contribution in [0.15, 0.2) is 47.3 Å². The standard InChI is InChI=1S/C18H21N3O2/c1-13(18(23)19-15-9-5-6-10-15)21-17(22)12-11-16(20-21)14-7-3-2-4-8-14/h2-4,7-8,11-13,15H,5-6,9-10H2,1H3,(H,19,23). The number of rotatable bonds is 4. The smallest absolute Gasteiger partial charge is 0.267 e. The Labute approximate surface area is 135 Å². The number of amides is 1. The predicted molar refractivity (Wildman–Crippen MR) is 89.0 cm³/mol. The number of hydrogen-bond acceptors (Lipinski definition) is 3. The number of carbonyl (C=O) groups is 1. The number of nitrogens with one attached hydrogen (secondary N) is 1. The van der Waals surface area contributed by atoms with Gasteiger partial charge in [-0.05, 0) is 25.8 Å². The van der Waals surface area contributed by atoms with Crippen molar-refractivity contribution in [3.05, 3.63) is 52.8 Å². The van der Waals surface area contributed by atoms with Gasteiger partial charge >= 0.3 is 0 Å². The van der Waals surface area contributed by atoms with Gasteiger partial charge in [0.15, 0.2) is 0 Å². The van der Waals surface area contributed by atoms with E-state index in [1.807, 2.05) is 30.3 Å². The molecule has 1 N–H and O–H groups in total. The summed E-state index contributed by atoms with van der Waals surface area (Å²) in [5.74, 6) is -0.142. The third-order valence-corrected chi connectivity index (χ3v) is 4.34. The van der Waals surface area contributed by atoms with Crippen LogP contribution >= 0.6 is 0 Å². The third-order valence-electron chi connectivity index (χ3n) is 4.34. The van der Waals surface area contributed by atoms with Crippen molar-refractivity contribution in [1.82, 2.24) is 15.1 Å². The quantitative estimate of drug-likeness (QED) is 0.943. The Morgan fingerprint density at radius 1 is 1.17 bits per heavy atom. The van der Waals surface area contributed by atoms with Gasteiger partial charge in [0.2, 0.25) is 5.91 Å². The van der Waals surface area contributed by atoms with Crippen molar-refractivity contribution in [2.24, 2.45) is 0 Å². The van der Waals surface area contributed by atoms with E-state index in [-0.39, 0.29) is 17.5 Å². The Morgan fingerprint density at radius 3 is 2.57 bits per heavy atom. The second-order valence-electron chi connectivity index (χ2n) is 6.03. The molecular weight excluding hydrogens is 290 g/mol. The molecule has 3 rings (SSSR count). The highest BCUT2D eigenvalue weighted by Crippen LogP contribution is 2.19. The van der Waals surface area contributed by atoms with Gasteiger partial charge in [-0.15, -0.1) is 0 Å². The minimum atomic E-state index is -0.619. The number of hydrogen-bond donors (Lipinski definition) is 1. The molecule has 120 valence electrons. The molecule has 0 saturated heterocycles. The average molecular weight is 311 g/mol. The highest BCUT2D eigenvalue weighted by atomic mass is 16.2. The van der Waals surface area contributed by atoms with E-state index in [9.17, 15) is 9.59 Å². The van der Waals surface area contributed by atoms with Gasteiger partial charge in [0.25, 0.3) is 5.56 Å². The Kier molecular flexibility index (Phi) is 4.55. The predicted octanol–water partition coefficient (Wildman–Crippen LogP) is 2.53. The summed E-state index contributed by atoms with van der Waals surface area (Å²) in [6.07, 6.45) is 4.34. The van der Waals surface area contributed by atoms with Crippen molar-refractivity contribution < 1.29 is 4.79 Å². The molecule has 1 unspecified atom stereocenters. The maximum absolute atomic E-state index is 12.4. The Morgan fingerprint density at radius 2 is 1.87 bits per heavy atom. The lowest BCUT2D eigenvalue weighted by Crippen LogP contribution is -2.40. The second-order valence-corrected chi connectivity index (χ2v) is 6.03. The van der Waals surface area contributed by atoms with E-state index in [0.29, 0.717) is 5.69 Å². The Bertz CT molecular complexity index is 733. The molecule has 23 heavy (non-hydrogen) atoms. The van der Waals surface area contributed by atoms with Gasteiger partial charge in [0.1, 0.15) is 6.04 Å². The molecule has 0 aliphatic heterocycles. The highest BCUT2D eigenvalue weighted by Gasteiger charge is 2.23. The van der Waals surface area contributed by atoms with E-state index in [4.69, 9.17) is 0 Å². The largest absolute Gasteiger partial charge is 0.352 e. The van der Waals surface area contributed by atoms with Crippen LogP contribution in [0.1, 0.15) is 38.6 Å². The number of aromatic nitrogens is 2. The summed E-state index contributed by atoms with van der Waals surface area (Å²) in [4.78, 5) is 24.5. The van der Waals surface area contributed by atoms with Crippen molar-refractivity contribution in [3.63, 3.8) is 0 Å². The molecule has 2 aromatic rings. The molecule has 5 nitrogen and oxygen atoms in total. The molecule has 1 amide bonds. The summed E-state index contributed by atoms with van der Waals surface area (Å²) >= 11 is 0. The Balaban J connectivity index is 1.83. The summed E-state index contributed by atoms with van der Waals surface area (Å²) in [6, 6.07) is 12.4. The van der Waals surface area contributed by atoms with Crippen LogP contribution in [-0.4, -0.2) is 21.7 Å². The molecular formula is C18H21N3O2. The second kappa shape index (κ2) is 6.77. The summed E-state index contributed by atoms with van der Waals surface area (Å²) < 4.78 is 1.27. The zero-order valence-corrected chi connectivity index (χ0v) is 13.2. The van der Waals surface area contributed by atoms with Gasteiger partial charge in [-0.1, -0.05) is 43.2 Å². The molecule has 0 spiro atoms. The normalized spacial score (nSPS) is 16.2. The van der Waals surface area contributed by atoms with Gasteiger partial charge in [0, 0.05) is 17.7 Å². The van der Waals surface area contributed by atoms with Crippen LogP contribution in [0.25, 0.3) is 11.3 Å². The van der Waals surface area contributed by atoms with E-state index >= 15 is 0 Å². The van der Waals surface area contributed by atoms with E-state index < -0.39 is 6.04 Å². The van der Waals surface area contributed by atoms with Crippen LogP contribution in [0.3, 0.4) is 0 Å². The molecule has 0 bridgehead atoms. The van der Waals surface area contributed by atoms with E-state index in [1.165, 1.54) is 10.7 Å². The molecule has 0 radical (unpaired) electrons. The minimum Gasteiger partial charge on any atom is -0.352 e. The Hall–Kier alpha value is -2.43. The molecule has 1 aliphatic carbocycles. The van der Waals surface area contributed by atoms with Gasteiger partial charge in [-0.25, -0.2) is 4.68 Å². The molecule has 5 heteroatoms. The van der Waals surface area contributed by atoms with Crippen molar-refractivity contribution in [1.29, 1.82) is 0 Å². The summed E-state index contributed by atoms with van der Waals surface area (Å²) in [6.45, 7) is 1.72. The molecule has 1 saturated carbocycles. The third kappa shape index (κ3) is 3.50. The fourth-order valence-electron chi connectivity index (χ4n) is 2.97. The van der Waals surface area contributed by atoms with Crippen LogP contribution in [0.5, 0.6) is 0 Å². The van der Waals surface area contributed by atoms with Crippen LogP contribution in [0.4, 0.5) is 0 Å². The van der Waals surface area contributed by atoms with Crippen molar-refractivity contribution in [2.75, 3.05) is 0 Å². The molecule has 1 aromatic carbocycles. The molecule has 1 aromatic heterocycles. The summed E-state index contributed by atoms with van der Waals surface area (Å²) in [7, 11) is 0. The molecule has 1 fully saturated rings. The van der Waals surface area contributed by atoms with Crippen LogP contribution < -0.4 is 10.9 Å². The van der Waals surface area contributed by atoms with Crippen molar-refractivity contribution in [3.8, 4) is 11.3 Å². The molecule has 1 heterocycles. The maximum atomic E-state index is 12.4. The first-order chi connectivity index (χ1) is 11.1. The van der Waals surface area contributed by atoms with Crippen molar-refractivity contribution >= 4 is 5.91 Å². The van der Waals surface area contributed by atoms with Crippen LogP contribution in [0, 0.1) is 0 Å². The number of nitrogens with zero attached hydrogens (tertiary/aromatic N) is 2. The zero-order valence-electron chi connectivity index (χ0n) is 13.2. The first-order valence-corrected chi connectivity index (χ1v) is 8.11. The fourth-order valence-corrected chi connectivity index (χ4v) is 2.97. The fraction of sp³-hybridized carbons (Fsp3) is 0.389. The first-order valence-electron chi connectivity index (χ1n) is 8.11. The molecule has 1 aliphatic rings. The first kappa shape index (κ1) is 15.5.